The molecule has 2 N–H and O–H groups in total. The predicted octanol–water partition coefficient (Wildman–Crippen LogP) is 3.63. The molecule has 156 valence electrons. The number of carboxylic acid groups (broad SMARTS) is 2. The summed E-state index contributed by atoms with van der Waals surface area (Å²) in [5.74, 6) is -2.14. The van der Waals surface area contributed by atoms with Gasteiger partial charge in [-0.1, -0.05) is 56.9 Å². The van der Waals surface area contributed by atoms with E-state index in [9.17, 15) is 19.5 Å². The van der Waals surface area contributed by atoms with Crippen LogP contribution in [-0.4, -0.2) is 49.4 Å². The molecule has 1 aromatic rings. The first-order valence-electron chi connectivity index (χ1n) is 9.13. The number of rotatable bonds is 9. The second-order valence-corrected chi connectivity index (χ2v) is 8.64. The molecule has 1 amide bonds. The largest absolute Gasteiger partial charge is 0.480 e. The van der Waals surface area contributed by atoms with E-state index in [-0.39, 0.29) is 10.2 Å². The van der Waals surface area contributed by atoms with Gasteiger partial charge in [-0.05, 0) is 42.5 Å². The van der Waals surface area contributed by atoms with Gasteiger partial charge in [-0.3, -0.25) is 9.69 Å². The lowest BCUT2D eigenvalue weighted by Gasteiger charge is -2.24. The molecule has 1 fully saturated rings. The maximum absolute atomic E-state index is 12.8. The van der Waals surface area contributed by atoms with E-state index in [0.717, 1.165) is 16.7 Å². The van der Waals surface area contributed by atoms with Crippen LogP contribution in [0.15, 0.2) is 29.2 Å². The van der Waals surface area contributed by atoms with Crippen LogP contribution in [0.2, 0.25) is 0 Å². The van der Waals surface area contributed by atoms with Gasteiger partial charge in [0.1, 0.15) is 16.1 Å². The number of hydrogen-bond donors (Lipinski definition) is 2. The molecule has 1 heterocycles. The van der Waals surface area contributed by atoms with Crippen LogP contribution in [-0.2, 0) is 14.4 Å². The summed E-state index contributed by atoms with van der Waals surface area (Å²) < 4.78 is 5.69. The molecule has 7 nitrogen and oxygen atoms in total. The Morgan fingerprint density at radius 3 is 2.52 bits per heavy atom. The van der Waals surface area contributed by atoms with Crippen molar-refractivity contribution in [3.8, 4) is 5.75 Å². The number of carboxylic acids is 2. The van der Waals surface area contributed by atoms with Gasteiger partial charge >= 0.3 is 11.9 Å². The Kier molecular flexibility index (Phi) is 7.80. The Labute approximate surface area is 178 Å². The first kappa shape index (κ1) is 22.9. The molecule has 9 heteroatoms. The fourth-order valence-corrected chi connectivity index (χ4v) is 4.17. The van der Waals surface area contributed by atoms with Crippen LogP contribution >= 0.6 is 24.0 Å². The van der Waals surface area contributed by atoms with E-state index in [1.54, 1.807) is 37.3 Å². The molecule has 1 aliphatic heterocycles. The van der Waals surface area contributed by atoms with Crippen LogP contribution in [0.25, 0.3) is 6.08 Å². The Morgan fingerprint density at radius 2 is 1.97 bits per heavy atom. The van der Waals surface area contributed by atoms with Crippen LogP contribution in [0.1, 0.15) is 39.2 Å². The minimum Gasteiger partial charge on any atom is -0.480 e. The van der Waals surface area contributed by atoms with Crippen LogP contribution < -0.4 is 4.74 Å². The molecule has 1 aromatic carbocycles. The monoisotopic (exact) mass is 437 g/mol. The first-order valence-corrected chi connectivity index (χ1v) is 10.4. The number of ether oxygens (including phenoxy) is 1. The average Bonchev–Trinajstić information content (AvgIpc) is 2.90. The summed E-state index contributed by atoms with van der Waals surface area (Å²) in [7, 11) is 0. The number of thiocarbonyl (C=S) groups is 1. The van der Waals surface area contributed by atoms with E-state index in [2.05, 4.69) is 0 Å². The molecule has 0 aromatic heterocycles. The smallest absolute Gasteiger partial charge is 0.344 e. The molecule has 1 saturated heterocycles. The van der Waals surface area contributed by atoms with Gasteiger partial charge in [0.2, 0.25) is 0 Å². The Hall–Kier alpha value is -2.39. The van der Waals surface area contributed by atoms with Crippen LogP contribution in [0.5, 0.6) is 5.75 Å². The SMILES string of the molecule is CCC(Oc1cccc(/C=C2\SC(=S)N(C(CC(C)C)C(=O)O)C2=O)c1)C(=O)O. The lowest BCUT2D eigenvalue weighted by molar-refractivity contribution is -0.146. The van der Waals surface area contributed by atoms with Crippen molar-refractivity contribution in [1.82, 2.24) is 4.90 Å². The topological polar surface area (TPSA) is 104 Å². The van der Waals surface area contributed by atoms with Crippen molar-refractivity contribution < 1.29 is 29.3 Å². The Bertz CT molecular complexity index is 851. The maximum Gasteiger partial charge on any atom is 0.344 e. The molecule has 0 saturated carbocycles. The number of hydrogen-bond acceptors (Lipinski definition) is 6. The number of benzene rings is 1. The third-order valence-corrected chi connectivity index (χ3v) is 5.53. The number of carbonyl (C=O) groups excluding carboxylic acids is 1. The lowest BCUT2D eigenvalue weighted by Crippen LogP contribution is -2.44. The summed E-state index contributed by atoms with van der Waals surface area (Å²) >= 11 is 6.31. The summed E-state index contributed by atoms with van der Waals surface area (Å²) in [5.41, 5.74) is 0.624. The van der Waals surface area contributed by atoms with Crippen molar-refractivity contribution in [3.63, 3.8) is 0 Å². The van der Waals surface area contributed by atoms with Gasteiger partial charge < -0.3 is 14.9 Å². The zero-order chi connectivity index (χ0) is 21.7. The standard InChI is InChI=1S/C20H23NO6S2/c1-4-15(19(25)26)27-13-7-5-6-12(9-13)10-16-17(22)21(20(28)29-16)14(18(23)24)8-11(2)3/h5-7,9-11,14-15H,4,8H2,1-3H3,(H,23,24)(H,25,26)/b16-10-. The normalized spacial score (nSPS) is 17.7. The fraction of sp³-hybridized carbons (Fsp3) is 0.400. The van der Waals surface area contributed by atoms with Gasteiger partial charge in [-0.25, -0.2) is 9.59 Å². The molecular weight excluding hydrogens is 414 g/mol. The molecule has 2 rings (SSSR count). The zero-order valence-electron chi connectivity index (χ0n) is 16.3. The van der Waals surface area contributed by atoms with Crippen molar-refractivity contribution in [1.29, 1.82) is 0 Å². The van der Waals surface area contributed by atoms with Gasteiger partial charge in [0.05, 0.1) is 4.91 Å². The van der Waals surface area contributed by atoms with Gasteiger partial charge in [0.25, 0.3) is 5.91 Å². The van der Waals surface area contributed by atoms with E-state index < -0.39 is 30.0 Å². The summed E-state index contributed by atoms with van der Waals surface area (Å²) in [6.07, 6.45) is 1.24. The predicted molar refractivity (Wildman–Crippen MR) is 115 cm³/mol. The summed E-state index contributed by atoms with van der Waals surface area (Å²) in [4.78, 5) is 37.1. The third kappa shape index (κ3) is 5.80. The van der Waals surface area contributed by atoms with Gasteiger partial charge in [-0.15, -0.1) is 0 Å². The highest BCUT2D eigenvalue weighted by Gasteiger charge is 2.40. The van der Waals surface area contributed by atoms with Crippen molar-refractivity contribution in [2.75, 3.05) is 0 Å². The van der Waals surface area contributed by atoms with Crippen LogP contribution in [0.4, 0.5) is 0 Å². The number of carbonyl (C=O) groups is 3. The second kappa shape index (κ2) is 9.89. The minimum atomic E-state index is -1.09. The summed E-state index contributed by atoms with van der Waals surface area (Å²) in [6.45, 7) is 5.48. The molecule has 1 aliphatic rings. The quantitative estimate of drug-likeness (QED) is 0.446. The van der Waals surface area contributed by atoms with E-state index >= 15 is 0 Å². The Morgan fingerprint density at radius 1 is 1.28 bits per heavy atom. The molecule has 0 radical (unpaired) electrons. The highest BCUT2D eigenvalue weighted by atomic mass is 32.2. The van der Waals surface area contributed by atoms with E-state index in [4.69, 9.17) is 22.1 Å². The molecule has 0 aliphatic carbocycles. The van der Waals surface area contributed by atoms with Crippen molar-refractivity contribution in [3.05, 3.63) is 34.7 Å². The van der Waals surface area contributed by atoms with Crippen LogP contribution in [0.3, 0.4) is 0 Å². The van der Waals surface area contributed by atoms with Crippen molar-refractivity contribution in [2.45, 2.75) is 45.8 Å². The van der Waals surface area contributed by atoms with Gasteiger partial charge in [0, 0.05) is 0 Å². The Balaban J connectivity index is 2.26. The fourth-order valence-electron chi connectivity index (χ4n) is 2.81. The highest BCUT2D eigenvalue weighted by Crippen LogP contribution is 2.35. The summed E-state index contributed by atoms with van der Waals surface area (Å²) in [6, 6.07) is 5.68. The molecule has 0 bridgehead atoms. The molecule has 0 spiro atoms. The van der Waals surface area contributed by atoms with Gasteiger partial charge in [-0.2, -0.15) is 0 Å². The maximum atomic E-state index is 12.8. The second-order valence-electron chi connectivity index (χ2n) is 6.96. The highest BCUT2D eigenvalue weighted by molar-refractivity contribution is 8.26. The molecule has 2 atom stereocenters. The molecule has 2 unspecified atom stereocenters. The number of amides is 1. The van der Waals surface area contributed by atoms with Crippen molar-refractivity contribution >= 4 is 52.2 Å². The molecular formula is C20H23NO6S2. The number of nitrogens with zero attached hydrogens (tertiary/aromatic N) is 1. The van der Waals surface area contributed by atoms with E-state index in [1.165, 1.54) is 0 Å². The average molecular weight is 438 g/mol. The third-order valence-electron chi connectivity index (χ3n) is 4.20. The van der Waals surface area contributed by atoms with E-state index in [1.807, 2.05) is 13.8 Å². The van der Waals surface area contributed by atoms with E-state index in [0.29, 0.717) is 29.1 Å². The van der Waals surface area contributed by atoms with Crippen molar-refractivity contribution in [2.24, 2.45) is 5.92 Å². The molecule has 29 heavy (non-hydrogen) atoms. The minimum absolute atomic E-state index is 0.0827. The zero-order valence-corrected chi connectivity index (χ0v) is 18.0. The van der Waals surface area contributed by atoms with Crippen LogP contribution in [0, 0.1) is 5.92 Å². The number of aliphatic carboxylic acids is 2. The first-order chi connectivity index (χ1) is 13.6. The van der Waals surface area contributed by atoms with Gasteiger partial charge in [0.15, 0.2) is 6.10 Å². The number of thioether (sulfide) groups is 1. The lowest BCUT2D eigenvalue weighted by atomic mass is 10.0. The summed E-state index contributed by atoms with van der Waals surface area (Å²) in [5, 5.41) is 18.7.